The number of benzene rings is 3. The van der Waals surface area contributed by atoms with Crippen LogP contribution in [-0.2, 0) is 6.61 Å². The Morgan fingerprint density at radius 3 is 2.36 bits per heavy atom. The van der Waals surface area contributed by atoms with E-state index in [0.29, 0.717) is 16.7 Å². The summed E-state index contributed by atoms with van der Waals surface area (Å²) in [6, 6.07) is 24.3. The third kappa shape index (κ3) is 2.86. The molecule has 0 saturated carbocycles. The van der Waals surface area contributed by atoms with Gasteiger partial charge in [-0.3, -0.25) is 4.79 Å². The van der Waals surface area contributed by atoms with Crippen molar-refractivity contribution in [3.63, 3.8) is 0 Å². The van der Waals surface area contributed by atoms with Crippen LogP contribution < -0.4 is 5.43 Å². The Labute approximate surface area is 144 Å². The van der Waals surface area contributed by atoms with Crippen molar-refractivity contribution in [1.82, 2.24) is 0 Å². The third-order valence-electron chi connectivity index (χ3n) is 4.29. The summed E-state index contributed by atoms with van der Waals surface area (Å²) < 4.78 is 6.00. The Balaban J connectivity index is 1.92. The molecule has 3 aromatic carbocycles. The number of aliphatic hydroxyl groups is 1. The minimum atomic E-state index is -0.0675. The van der Waals surface area contributed by atoms with E-state index in [2.05, 4.69) is 0 Å². The van der Waals surface area contributed by atoms with E-state index in [9.17, 15) is 9.90 Å². The quantitative estimate of drug-likeness (QED) is 0.597. The molecule has 0 bridgehead atoms. The van der Waals surface area contributed by atoms with Gasteiger partial charge in [0.05, 0.1) is 12.0 Å². The zero-order valence-corrected chi connectivity index (χ0v) is 13.5. The molecule has 0 unspecified atom stereocenters. The molecule has 1 aromatic heterocycles. The molecule has 0 aliphatic rings. The molecule has 1 N–H and O–H groups in total. The van der Waals surface area contributed by atoms with Gasteiger partial charge in [-0.1, -0.05) is 60.7 Å². The lowest BCUT2D eigenvalue weighted by atomic mass is 9.99. The Bertz CT molecular complexity index is 1090. The number of hydrogen-bond donors (Lipinski definition) is 1. The summed E-state index contributed by atoms with van der Waals surface area (Å²) in [5, 5.41) is 10.1. The van der Waals surface area contributed by atoms with E-state index in [1.165, 1.54) is 6.07 Å². The molecule has 122 valence electrons. The van der Waals surface area contributed by atoms with Crippen molar-refractivity contribution in [1.29, 1.82) is 0 Å². The minimum absolute atomic E-state index is 0.0395. The van der Waals surface area contributed by atoms with E-state index in [4.69, 9.17) is 4.42 Å². The second-order valence-corrected chi connectivity index (χ2v) is 5.87. The van der Waals surface area contributed by atoms with Gasteiger partial charge in [0.2, 0.25) is 0 Å². The molecule has 0 radical (unpaired) electrons. The van der Waals surface area contributed by atoms with Crippen LogP contribution in [0, 0.1) is 0 Å². The van der Waals surface area contributed by atoms with Crippen molar-refractivity contribution >= 4 is 11.0 Å². The number of hydrogen-bond acceptors (Lipinski definition) is 3. The van der Waals surface area contributed by atoms with Gasteiger partial charge in [-0.15, -0.1) is 0 Å². The summed E-state index contributed by atoms with van der Waals surface area (Å²) in [6.07, 6.45) is 0. The summed E-state index contributed by atoms with van der Waals surface area (Å²) in [6.45, 7) is -0.0395. The molecule has 0 aliphatic carbocycles. The molecule has 0 aliphatic heterocycles. The number of rotatable bonds is 3. The van der Waals surface area contributed by atoms with Crippen molar-refractivity contribution in [2.45, 2.75) is 6.61 Å². The van der Waals surface area contributed by atoms with E-state index in [1.807, 2.05) is 66.7 Å². The third-order valence-corrected chi connectivity index (χ3v) is 4.29. The fraction of sp³-hybridized carbons (Fsp3) is 0.0455. The fourth-order valence-electron chi connectivity index (χ4n) is 3.01. The highest BCUT2D eigenvalue weighted by Crippen LogP contribution is 2.28. The highest BCUT2D eigenvalue weighted by Gasteiger charge is 2.10. The first-order valence-electron chi connectivity index (χ1n) is 8.09. The summed E-state index contributed by atoms with van der Waals surface area (Å²) >= 11 is 0. The van der Waals surface area contributed by atoms with Crippen LogP contribution in [0.3, 0.4) is 0 Å². The lowest BCUT2D eigenvalue weighted by molar-refractivity contribution is 0.282. The fourth-order valence-corrected chi connectivity index (χ4v) is 3.01. The van der Waals surface area contributed by atoms with E-state index in [1.54, 1.807) is 6.07 Å². The standard InChI is InChI=1S/C22H16O3/c23-14-17-8-4-5-9-18(17)16-10-11-19-20(24)13-21(25-22(19)12-16)15-6-2-1-3-7-15/h1-13,23H,14H2. The van der Waals surface area contributed by atoms with Gasteiger partial charge in [0.25, 0.3) is 0 Å². The van der Waals surface area contributed by atoms with E-state index < -0.39 is 0 Å². The predicted octanol–water partition coefficient (Wildman–Crippen LogP) is 4.62. The molecule has 1 heterocycles. The molecule has 0 saturated heterocycles. The molecule has 0 amide bonds. The summed E-state index contributed by atoms with van der Waals surface area (Å²) in [7, 11) is 0. The maximum atomic E-state index is 12.4. The van der Waals surface area contributed by atoms with Gasteiger partial charge in [0, 0.05) is 11.6 Å². The second-order valence-electron chi connectivity index (χ2n) is 5.87. The summed E-state index contributed by atoms with van der Waals surface area (Å²) in [5.41, 5.74) is 4.01. The number of aliphatic hydroxyl groups excluding tert-OH is 1. The predicted molar refractivity (Wildman–Crippen MR) is 99.3 cm³/mol. The summed E-state index contributed by atoms with van der Waals surface area (Å²) in [4.78, 5) is 12.4. The molecular weight excluding hydrogens is 312 g/mol. The van der Waals surface area contributed by atoms with Crippen LogP contribution in [0.15, 0.2) is 88.1 Å². The van der Waals surface area contributed by atoms with Gasteiger partial charge in [-0.25, -0.2) is 0 Å². The molecule has 25 heavy (non-hydrogen) atoms. The molecule has 4 rings (SSSR count). The maximum Gasteiger partial charge on any atom is 0.193 e. The van der Waals surface area contributed by atoms with Crippen molar-refractivity contribution in [3.8, 4) is 22.5 Å². The van der Waals surface area contributed by atoms with Gasteiger partial charge in [-0.2, -0.15) is 0 Å². The first-order chi connectivity index (χ1) is 12.3. The smallest absolute Gasteiger partial charge is 0.193 e. The van der Waals surface area contributed by atoms with E-state index in [0.717, 1.165) is 22.3 Å². The Hall–Kier alpha value is -3.17. The SMILES string of the molecule is O=c1cc(-c2ccccc2)oc2cc(-c3ccccc3CO)ccc12. The highest BCUT2D eigenvalue weighted by molar-refractivity contribution is 5.84. The average molecular weight is 328 g/mol. The average Bonchev–Trinajstić information content (AvgIpc) is 2.68. The molecule has 0 fully saturated rings. The molecule has 0 atom stereocenters. The molecular formula is C22H16O3. The second kappa shape index (κ2) is 6.38. The van der Waals surface area contributed by atoms with Crippen LogP contribution >= 0.6 is 0 Å². The molecule has 0 spiro atoms. The van der Waals surface area contributed by atoms with Crippen LogP contribution in [-0.4, -0.2) is 5.11 Å². The Morgan fingerprint density at radius 1 is 0.800 bits per heavy atom. The summed E-state index contributed by atoms with van der Waals surface area (Å²) in [5.74, 6) is 0.547. The van der Waals surface area contributed by atoms with Crippen LogP contribution in [0.5, 0.6) is 0 Å². The van der Waals surface area contributed by atoms with Gasteiger partial charge in [0.1, 0.15) is 11.3 Å². The van der Waals surface area contributed by atoms with Crippen molar-refractivity contribution < 1.29 is 9.52 Å². The van der Waals surface area contributed by atoms with Crippen molar-refractivity contribution in [2.75, 3.05) is 0 Å². The molecule has 3 heteroatoms. The van der Waals surface area contributed by atoms with Crippen LogP contribution in [0.25, 0.3) is 33.4 Å². The molecule has 4 aromatic rings. The molecule has 3 nitrogen and oxygen atoms in total. The largest absolute Gasteiger partial charge is 0.456 e. The van der Waals surface area contributed by atoms with Gasteiger partial charge < -0.3 is 9.52 Å². The highest BCUT2D eigenvalue weighted by atomic mass is 16.3. The van der Waals surface area contributed by atoms with Gasteiger partial charge in [-0.05, 0) is 28.8 Å². The number of fused-ring (bicyclic) bond motifs is 1. The zero-order valence-electron chi connectivity index (χ0n) is 13.5. The van der Waals surface area contributed by atoms with Gasteiger partial charge in [0.15, 0.2) is 5.43 Å². The van der Waals surface area contributed by atoms with E-state index >= 15 is 0 Å². The topological polar surface area (TPSA) is 50.4 Å². The maximum absolute atomic E-state index is 12.4. The van der Waals surface area contributed by atoms with Crippen molar-refractivity contribution in [2.24, 2.45) is 0 Å². The normalized spacial score (nSPS) is 10.9. The van der Waals surface area contributed by atoms with Crippen LogP contribution in [0.2, 0.25) is 0 Å². The Morgan fingerprint density at radius 2 is 1.56 bits per heavy atom. The Kier molecular flexibility index (Phi) is 3.92. The first-order valence-corrected chi connectivity index (χ1v) is 8.09. The van der Waals surface area contributed by atoms with Crippen LogP contribution in [0.1, 0.15) is 5.56 Å². The first kappa shape index (κ1) is 15.4. The van der Waals surface area contributed by atoms with Crippen LogP contribution in [0.4, 0.5) is 0 Å². The van der Waals surface area contributed by atoms with Gasteiger partial charge >= 0.3 is 0 Å². The zero-order chi connectivity index (χ0) is 17.2. The monoisotopic (exact) mass is 328 g/mol. The van der Waals surface area contributed by atoms with E-state index in [-0.39, 0.29) is 12.0 Å². The lowest BCUT2D eigenvalue weighted by Crippen LogP contribution is -2.00. The van der Waals surface area contributed by atoms with Crippen molar-refractivity contribution in [3.05, 3.63) is 94.6 Å². The lowest BCUT2D eigenvalue weighted by Gasteiger charge is -2.09. The minimum Gasteiger partial charge on any atom is -0.456 e.